The van der Waals surface area contributed by atoms with Gasteiger partial charge in [-0.1, -0.05) is 46.7 Å². The van der Waals surface area contributed by atoms with Gasteiger partial charge < -0.3 is 15.0 Å². The number of amides is 1. The molecule has 1 unspecified atom stereocenters. The average molecular weight is 541 g/mol. The van der Waals surface area contributed by atoms with E-state index in [4.69, 9.17) is 4.84 Å². The van der Waals surface area contributed by atoms with Crippen LogP contribution in [0.4, 0.5) is 30.7 Å². The summed E-state index contributed by atoms with van der Waals surface area (Å²) < 4.78 is 96.5. The Balaban J connectivity index is 1.74. The SMILES string of the molecule is CO/N=C/CNC(=O)c1ccc(C2=NOC(c3ccc(F)c(C(F)(F)F)c3)(C(F)(F)F)C2)c2ccccc12. The van der Waals surface area contributed by atoms with Gasteiger partial charge in [-0.05, 0) is 29.0 Å². The molecule has 1 N–H and O–H groups in total. The number of oxime groups is 2. The first-order valence-electron chi connectivity index (χ1n) is 10.9. The van der Waals surface area contributed by atoms with Crippen molar-refractivity contribution in [1.82, 2.24) is 5.32 Å². The Bertz CT molecular complexity index is 1430. The fraction of sp³-hybridized carbons (Fsp3) is 0.240. The molecule has 1 aliphatic heterocycles. The number of carbonyl (C=O) groups is 1. The van der Waals surface area contributed by atoms with E-state index in [2.05, 4.69) is 20.5 Å². The first-order chi connectivity index (χ1) is 17.9. The number of halogens is 7. The number of hydrogen-bond acceptors (Lipinski definition) is 5. The van der Waals surface area contributed by atoms with Gasteiger partial charge in [0.25, 0.3) is 11.5 Å². The van der Waals surface area contributed by atoms with Crippen molar-refractivity contribution in [3.05, 3.63) is 82.7 Å². The van der Waals surface area contributed by atoms with Crippen LogP contribution in [-0.2, 0) is 21.5 Å². The quantitative estimate of drug-likeness (QED) is 0.239. The molecule has 13 heteroatoms. The molecule has 0 aromatic heterocycles. The zero-order chi connectivity index (χ0) is 27.7. The van der Waals surface area contributed by atoms with Gasteiger partial charge in [-0.2, -0.15) is 26.3 Å². The lowest BCUT2D eigenvalue weighted by Gasteiger charge is -2.30. The number of alkyl halides is 6. The van der Waals surface area contributed by atoms with Gasteiger partial charge in [-0.25, -0.2) is 4.39 Å². The maximum Gasteiger partial charge on any atom is 0.435 e. The molecule has 0 radical (unpaired) electrons. The van der Waals surface area contributed by atoms with Gasteiger partial charge in [0, 0.05) is 23.1 Å². The highest BCUT2D eigenvalue weighted by molar-refractivity contribution is 6.16. The molecule has 1 aliphatic rings. The molecule has 38 heavy (non-hydrogen) atoms. The topological polar surface area (TPSA) is 72.3 Å². The monoisotopic (exact) mass is 541 g/mol. The van der Waals surface area contributed by atoms with E-state index < -0.39 is 47.2 Å². The van der Waals surface area contributed by atoms with Gasteiger partial charge in [0.05, 0.1) is 24.0 Å². The van der Waals surface area contributed by atoms with Gasteiger partial charge in [-0.15, -0.1) is 0 Å². The lowest BCUT2D eigenvalue weighted by Crippen LogP contribution is -2.43. The highest BCUT2D eigenvalue weighted by Gasteiger charge is 2.62. The normalized spacial score (nSPS) is 17.9. The molecule has 0 bridgehead atoms. The predicted octanol–water partition coefficient (Wildman–Crippen LogP) is 5.94. The third kappa shape index (κ3) is 4.87. The summed E-state index contributed by atoms with van der Waals surface area (Å²) in [5.74, 6) is -2.21. The van der Waals surface area contributed by atoms with Crippen LogP contribution in [0.2, 0.25) is 0 Å². The first-order valence-corrected chi connectivity index (χ1v) is 10.9. The third-order valence-corrected chi connectivity index (χ3v) is 5.94. The Kier molecular flexibility index (Phi) is 7.04. The number of nitrogens with one attached hydrogen (secondary N) is 1. The van der Waals surface area contributed by atoms with E-state index in [1.54, 1.807) is 24.3 Å². The van der Waals surface area contributed by atoms with E-state index in [-0.39, 0.29) is 29.4 Å². The van der Waals surface area contributed by atoms with Crippen LogP contribution in [0.5, 0.6) is 0 Å². The van der Waals surface area contributed by atoms with Crippen molar-refractivity contribution in [3.63, 3.8) is 0 Å². The largest absolute Gasteiger partial charge is 0.435 e. The maximum atomic E-state index is 14.3. The first kappa shape index (κ1) is 26.9. The molecule has 1 amide bonds. The fourth-order valence-electron chi connectivity index (χ4n) is 4.14. The van der Waals surface area contributed by atoms with Crippen molar-refractivity contribution in [1.29, 1.82) is 0 Å². The molecule has 0 saturated carbocycles. The zero-order valence-corrected chi connectivity index (χ0v) is 19.5. The summed E-state index contributed by atoms with van der Waals surface area (Å²) in [5.41, 5.74) is -5.90. The Labute approximate surface area is 210 Å². The summed E-state index contributed by atoms with van der Waals surface area (Å²) in [6.45, 7) is 0.0506. The van der Waals surface area contributed by atoms with E-state index in [1.807, 2.05) is 0 Å². The molecule has 1 atom stereocenters. The standard InChI is InChI=1S/C25H18F7N3O3/c1-37-34-11-10-33-22(36)18-8-7-17(15-4-2-3-5-16(15)18)21-13-23(38-35-21,25(30,31)32)14-6-9-20(26)19(12-14)24(27,28)29/h2-9,11-12H,10,13H2,1H3,(H,33,36)/b34-11+. The van der Waals surface area contributed by atoms with Gasteiger partial charge in [-0.3, -0.25) is 4.79 Å². The number of fused-ring (bicyclic) bond motifs is 1. The summed E-state index contributed by atoms with van der Waals surface area (Å²) >= 11 is 0. The van der Waals surface area contributed by atoms with Crippen molar-refractivity contribution in [2.24, 2.45) is 10.3 Å². The second-order valence-corrected chi connectivity index (χ2v) is 8.21. The summed E-state index contributed by atoms with van der Waals surface area (Å²) in [7, 11) is 1.33. The molecule has 1 heterocycles. The lowest BCUT2D eigenvalue weighted by atomic mass is 9.84. The number of nitrogens with zero attached hydrogens (tertiary/aromatic N) is 2. The Morgan fingerprint density at radius 3 is 2.47 bits per heavy atom. The number of carbonyl (C=O) groups excluding carboxylic acids is 1. The molecule has 3 aromatic rings. The smallest absolute Gasteiger partial charge is 0.399 e. The number of benzene rings is 3. The highest BCUT2D eigenvalue weighted by Crippen LogP contribution is 2.50. The number of hydrogen-bond donors (Lipinski definition) is 1. The van der Waals surface area contributed by atoms with Gasteiger partial charge in [0.2, 0.25) is 0 Å². The van der Waals surface area contributed by atoms with Gasteiger partial charge in [0.1, 0.15) is 12.9 Å². The van der Waals surface area contributed by atoms with Crippen molar-refractivity contribution in [2.45, 2.75) is 24.4 Å². The minimum Gasteiger partial charge on any atom is -0.399 e. The molecule has 0 spiro atoms. The second-order valence-electron chi connectivity index (χ2n) is 8.21. The Hall–Kier alpha value is -4.16. The number of rotatable bonds is 6. The van der Waals surface area contributed by atoms with Crippen LogP contribution in [0, 0.1) is 5.82 Å². The van der Waals surface area contributed by atoms with Crippen molar-refractivity contribution >= 4 is 28.6 Å². The van der Waals surface area contributed by atoms with Crippen molar-refractivity contribution in [2.75, 3.05) is 13.7 Å². The molecule has 200 valence electrons. The van der Waals surface area contributed by atoms with Crippen molar-refractivity contribution < 1.29 is 45.2 Å². The summed E-state index contributed by atoms with van der Waals surface area (Å²) in [6, 6.07) is 10.1. The zero-order valence-electron chi connectivity index (χ0n) is 19.5. The van der Waals surface area contributed by atoms with Crippen LogP contribution < -0.4 is 5.32 Å². The van der Waals surface area contributed by atoms with Crippen LogP contribution in [0.3, 0.4) is 0 Å². The van der Waals surface area contributed by atoms with Gasteiger partial charge >= 0.3 is 12.4 Å². The maximum absolute atomic E-state index is 14.3. The van der Waals surface area contributed by atoms with E-state index >= 15 is 0 Å². The molecule has 3 aromatic carbocycles. The molecule has 6 nitrogen and oxygen atoms in total. The van der Waals surface area contributed by atoms with Crippen LogP contribution in [0.15, 0.2) is 64.9 Å². The fourth-order valence-corrected chi connectivity index (χ4v) is 4.14. The Morgan fingerprint density at radius 1 is 1.11 bits per heavy atom. The van der Waals surface area contributed by atoms with Crippen molar-refractivity contribution in [3.8, 4) is 0 Å². The molecule has 0 fully saturated rings. The highest BCUT2D eigenvalue weighted by atomic mass is 19.4. The molecule has 4 rings (SSSR count). The minimum atomic E-state index is -5.23. The molecular weight excluding hydrogens is 523 g/mol. The van der Waals surface area contributed by atoms with E-state index in [1.165, 1.54) is 25.5 Å². The summed E-state index contributed by atoms with van der Waals surface area (Å²) in [5, 5.41) is 10.5. The molecule has 0 saturated heterocycles. The Morgan fingerprint density at radius 2 is 1.82 bits per heavy atom. The summed E-state index contributed by atoms with van der Waals surface area (Å²) in [4.78, 5) is 22.0. The summed E-state index contributed by atoms with van der Waals surface area (Å²) in [6.07, 6.45) is -10.1. The van der Waals surface area contributed by atoms with Crippen LogP contribution in [-0.4, -0.2) is 37.7 Å². The predicted molar refractivity (Wildman–Crippen MR) is 123 cm³/mol. The van der Waals surface area contributed by atoms with Gasteiger partial charge in [0.15, 0.2) is 0 Å². The van der Waals surface area contributed by atoms with Crippen LogP contribution in [0.1, 0.15) is 33.5 Å². The average Bonchev–Trinajstić information content (AvgIpc) is 3.32. The second kappa shape index (κ2) is 9.95. The van der Waals surface area contributed by atoms with E-state index in [9.17, 15) is 35.5 Å². The van der Waals surface area contributed by atoms with E-state index in [0.29, 0.717) is 22.9 Å². The minimum absolute atomic E-state index is 0.0506. The third-order valence-electron chi connectivity index (χ3n) is 5.94. The van der Waals surface area contributed by atoms with E-state index in [0.717, 1.165) is 0 Å². The van der Waals surface area contributed by atoms with Crippen LogP contribution in [0.25, 0.3) is 10.8 Å². The van der Waals surface area contributed by atoms with Crippen LogP contribution >= 0.6 is 0 Å². The molecule has 0 aliphatic carbocycles. The lowest BCUT2D eigenvalue weighted by molar-refractivity contribution is -0.276. The molecular formula is C25H18F7N3O3.